The van der Waals surface area contributed by atoms with Crippen LogP contribution in [0.3, 0.4) is 0 Å². The zero-order valence-electron chi connectivity index (χ0n) is 17.5. The van der Waals surface area contributed by atoms with Gasteiger partial charge in [0.2, 0.25) is 0 Å². The molecule has 3 aromatic carbocycles. The first-order valence-electron chi connectivity index (χ1n) is 10.3. The van der Waals surface area contributed by atoms with Crippen LogP contribution < -0.4 is 15.0 Å². The molecule has 0 aliphatic rings. The molecule has 0 saturated carbocycles. The Bertz CT molecular complexity index is 949. The number of carbonyl (C=O) groups is 1. The number of aryl methyl sites for hydroxylation is 1. The Morgan fingerprint density at radius 3 is 2.27 bits per heavy atom. The molecule has 0 aromatic heterocycles. The number of hydrogen-bond acceptors (Lipinski definition) is 2. The van der Waals surface area contributed by atoms with Crippen LogP contribution in [0.5, 0.6) is 5.75 Å². The minimum absolute atomic E-state index is 0.180. The highest BCUT2D eigenvalue weighted by molar-refractivity contribution is 6.02. The number of ether oxygens (including phenoxy) is 1. The van der Waals surface area contributed by atoms with Crippen LogP contribution in [0, 0.1) is 0 Å². The maximum absolute atomic E-state index is 13.1. The molecule has 2 amide bonds. The van der Waals surface area contributed by atoms with Gasteiger partial charge in [-0.2, -0.15) is 0 Å². The minimum Gasteiger partial charge on any atom is -0.494 e. The summed E-state index contributed by atoms with van der Waals surface area (Å²) in [5.74, 6) is 0.785. The Balaban J connectivity index is 1.76. The van der Waals surface area contributed by atoms with Crippen LogP contribution in [0.4, 0.5) is 16.2 Å². The van der Waals surface area contributed by atoms with Crippen molar-refractivity contribution in [2.75, 3.05) is 23.4 Å². The summed E-state index contributed by atoms with van der Waals surface area (Å²) in [6.45, 7) is 5.14. The lowest BCUT2D eigenvalue weighted by Gasteiger charge is -2.22. The maximum Gasteiger partial charge on any atom is 0.326 e. The Hall–Kier alpha value is -3.53. The SMILES string of the molecule is CCOc1ccc(NC(=O)N(CC=Cc2ccccc2)c2ccc(CC)cc2)cc1. The summed E-state index contributed by atoms with van der Waals surface area (Å²) in [7, 11) is 0. The number of rotatable bonds is 8. The number of amides is 2. The van der Waals surface area contributed by atoms with Gasteiger partial charge in [0.1, 0.15) is 5.75 Å². The third-order valence-electron chi connectivity index (χ3n) is 4.72. The fourth-order valence-electron chi connectivity index (χ4n) is 3.07. The quantitative estimate of drug-likeness (QED) is 0.475. The van der Waals surface area contributed by atoms with Crippen LogP contribution >= 0.6 is 0 Å². The van der Waals surface area contributed by atoms with E-state index in [-0.39, 0.29) is 6.03 Å². The summed E-state index contributed by atoms with van der Waals surface area (Å²) in [4.78, 5) is 14.8. The van der Waals surface area contributed by atoms with Crippen molar-refractivity contribution < 1.29 is 9.53 Å². The molecule has 0 heterocycles. The summed E-state index contributed by atoms with van der Waals surface area (Å²) in [5.41, 5.74) is 3.93. The van der Waals surface area contributed by atoms with Gasteiger partial charge in [0.05, 0.1) is 6.61 Å². The van der Waals surface area contributed by atoms with Crippen molar-refractivity contribution in [1.29, 1.82) is 0 Å². The first kappa shape index (κ1) is 21.2. The van der Waals surface area contributed by atoms with Crippen LogP contribution in [0.1, 0.15) is 25.0 Å². The van der Waals surface area contributed by atoms with Crippen molar-refractivity contribution >= 4 is 23.5 Å². The highest BCUT2D eigenvalue weighted by Gasteiger charge is 2.15. The highest BCUT2D eigenvalue weighted by Crippen LogP contribution is 2.20. The summed E-state index contributed by atoms with van der Waals surface area (Å²) in [5, 5.41) is 2.98. The summed E-state index contributed by atoms with van der Waals surface area (Å²) < 4.78 is 5.47. The van der Waals surface area contributed by atoms with Crippen molar-refractivity contribution in [2.24, 2.45) is 0 Å². The number of benzene rings is 3. The average molecular weight is 401 g/mol. The van der Waals surface area contributed by atoms with E-state index in [0.717, 1.165) is 29.1 Å². The largest absolute Gasteiger partial charge is 0.494 e. The third kappa shape index (κ3) is 5.98. The molecule has 0 spiro atoms. The van der Waals surface area contributed by atoms with Gasteiger partial charge in [-0.1, -0.05) is 61.5 Å². The second-order valence-corrected chi connectivity index (χ2v) is 6.83. The molecule has 4 nitrogen and oxygen atoms in total. The molecule has 4 heteroatoms. The average Bonchev–Trinajstić information content (AvgIpc) is 2.79. The lowest BCUT2D eigenvalue weighted by Crippen LogP contribution is -2.35. The molecule has 0 saturated heterocycles. The highest BCUT2D eigenvalue weighted by atomic mass is 16.5. The second kappa shape index (κ2) is 10.9. The summed E-state index contributed by atoms with van der Waals surface area (Å²) in [6.07, 6.45) is 4.99. The molecule has 30 heavy (non-hydrogen) atoms. The van der Waals surface area contributed by atoms with Gasteiger partial charge in [-0.25, -0.2) is 4.79 Å². The van der Waals surface area contributed by atoms with Crippen molar-refractivity contribution in [1.82, 2.24) is 0 Å². The standard InChI is InChI=1S/C26H28N2O2/c1-3-21-12-16-24(17-13-21)28(20-8-11-22-9-6-5-7-10-22)26(29)27-23-14-18-25(19-15-23)30-4-2/h5-19H,3-4,20H2,1-2H3,(H,27,29). The molecule has 0 fully saturated rings. The van der Waals surface area contributed by atoms with E-state index in [1.807, 2.05) is 85.8 Å². The molecule has 0 bridgehead atoms. The number of nitrogens with one attached hydrogen (secondary N) is 1. The second-order valence-electron chi connectivity index (χ2n) is 6.83. The number of nitrogens with zero attached hydrogens (tertiary/aromatic N) is 1. The number of carbonyl (C=O) groups excluding carboxylic acids is 1. The monoisotopic (exact) mass is 400 g/mol. The van der Waals surface area contributed by atoms with Crippen molar-refractivity contribution in [3.05, 3.63) is 96.1 Å². The first-order valence-corrected chi connectivity index (χ1v) is 10.3. The van der Waals surface area contributed by atoms with E-state index >= 15 is 0 Å². The van der Waals surface area contributed by atoms with Crippen molar-refractivity contribution in [2.45, 2.75) is 20.3 Å². The van der Waals surface area contributed by atoms with E-state index in [4.69, 9.17) is 4.74 Å². The van der Waals surface area contributed by atoms with Crippen LogP contribution in [0.25, 0.3) is 6.08 Å². The topological polar surface area (TPSA) is 41.6 Å². The number of hydrogen-bond donors (Lipinski definition) is 1. The predicted octanol–water partition coefficient (Wildman–Crippen LogP) is 6.40. The molecule has 0 aliphatic heterocycles. The molecule has 154 valence electrons. The van der Waals surface area contributed by atoms with Gasteiger partial charge >= 0.3 is 6.03 Å². The number of anilines is 2. The maximum atomic E-state index is 13.1. The molecule has 0 radical (unpaired) electrons. The Kier molecular flexibility index (Phi) is 7.67. The van der Waals surface area contributed by atoms with Crippen molar-refractivity contribution in [3.8, 4) is 5.75 Å². The van der Waals surface area contributed by atoms with Crippen molar-refractivity contribution in [3.63, 3.8) is 0 Å². The number of urea groups is 1. The van der Waals surface area contributed by atoms with Gasteiger partial charge in [-0.3, -0.25) is 4.90 Å². The fraction of sp³-hybridized carbons (Fsp3) is 0.192. The van der Waals surface area contributed by atoms with Gasteiger partial charge in [-0.05, 0) is 60.9 Å². The Morgan fingerprint density at radius 1 is 0.933 bits per heavy atom. The van der Waals surface area contributed by atoms with E-state index in [9.17, 15) is 4.79 Å². The van der Waals surface area contributed by atoms with E-state index in [1.165, 1.54) is 5.56 Å². The van der Waals surface area contributed by atoms with Gasteiger partial charge in [0, 0.05) is 17.9 Å². The summed E-state index contributed by atoms with van der Waals surface area (Å²) in [6, 6.07) is 25.4. The smallest absolute Gasteiger partial charge is 0.326 e. The van der Waals surface area contributed by atoms with E-state index in [1.54, 1.807) is 4.90 Å². The molecule has 0 aliphatic carbocycles. The van der Waals surface area contributed by atoms with E-state index in [0.29, 0.717) is 13.2 Å². The van der Waals surface area contributed by atoms with Gasteiger partial charge in [0.15, 0.2) is 0 Å². The third-order valence-corrected chi connectivity index (χ3v) is 4.72. The Morgan fingerprint density at radius 2 is 1.63 bits per heavy atom. The lowest BCUT2D eigenvalue weighted by atomic mass is 10.1. The minimum atomic E-state index is -0.180. The predicted molar refractivity (Wildman–Crippen MR) is 125 cm³/mol. The zero-order chi connectivity index (χ0) is 21.2. The van der Waals surface area contributed by atoms with Gasteiger partial charge in [-0.15, -0.1) is 0 Å². The van der Waals surface area contributed by atoms with Crippen LogP contribution in [-0.4, -0.2) is 19.2 Å². The van der Waals surface area contributed by atoms with Crippen LogP contribution in [0.15, 0.2) is 84.9 Å². The van der Waals surface area contributed by atoms with Gasteiger partial charge in [0.25, 0.3) is 0 Å². The van der Waals surface area contributed by atoms with Gasteiger partial charge < -0.3 is 10.1 Å². The fourth-order valence-corrected chi connectivity index (χ4v) is 3.07. The zero-order valence-corrected chi connectivity index (χ0v) is 17.5. The normalized spacial score (nSPS) is 10.7. The molecule has 3 rings (SSSR count). The van der Waals surface area contributed by atoms with E-state index < -0.39 is 0 Å². The molecule has 1 N–H and O–H groups in total. The molecule has 3 aromatic rings. The molecular formula is C26H28N2O2. The van der Waals surface area contributed by atoms with Crippen LogP contribution in [-0.2, 0) is 6.42 Å². The van der Waals surface area contributed by atoms with E-state index in [2.05, 4.69) is 24.4 Å². The Labute approximate surface area is 178 Å². The lowest BCUT2D eigenvalue weighted by molar-refractivity contribution is 0.257. The molecule has 0 unspecified atom stereocenters. The summed E-state index contributed by atoms with van der Waals surface area (Å²) >= 11 is 0. The molecule has 0 atom stereocenters. The van der Waals surface area contributed by atoms with Crippen LogP contribution in [0.2, 0.25) is 0 Å². The first-order chi connectivity index (χ1) is 14.7. The molecular weight excluding hydrogens is 372 g/mol.